The first-order valence-electron chi connectivity index (χ1n) is 7.30. The van der Waals surface area contributed by atoms with Crippen LogP contribution in [0.3, 0.4) is 0 Å². The number of aromatic nitrogens is 3. The SMILES string of the molecule is Bc1cncc(-c2ccnc(Nc3cc([N+](=O)[O-])ccc3C)n2)c1. The fourth-order valence-corrected chi connectivity index (χ4v) is 2.25. The van der Waals surface area contributed by atoms with Crippen LogP contribution in [0.5, 0.6) is 0 Å². The summed E-state index contributed by atoms with van der Waals surface area (Å²) in [5.74, 6) is 0.373. The van der Waals surface area contributed by atoms with Gasteiger partial charge in [-0.3, -0.25) is 15.1 Å². The molecule has 0 bridgehead atoms. The summed E-state index contributed by atoms with van der Waals surface area (Å²) in [6.45, 7) is 1.86. The van der Waals surface area contributed by atoms with Crippen LogP contribution < -0.4 is 10.8 Å². The minimum Gasteiger partial charge on any atom is -0.324 e. The molecule has 118 valence electrons. The average molecular weight is 319 g/mol. The number of hydrogen-bond donors (Lipinski definition) is 1. The molecular weight excluding hydrogens is 305 g/mol. The number of nitro groups is 1. The summed E-state index contributed by atoms with van der Waals surface area (Å²) in [5.41, 5.74) is 4.14. The van der Waals surface area contributed by atoms with Gasteiger partial charge in [0.15, 0.2) is 0 Å². The predicted octanol–water partition coefficient (Wildman–Crippen LogP) is 1.76. The molecular formula is C16H14BN5O2. The lowest BCUT2D eigenvalue weighted by molar-refractivity contribution is -0.384. The van der Waals surface area contributed by atoms with Crippen molar-refractivity contribution in [1.82, 2.24) is 15.0 Å². The van der Waals surface area contributed by atoms with Crippen molar-refractivity contribution in [3.8, 4) is 11.3 Å². The average Bonchev–Trinajstić information content (AvgIpc) is 2.57. The van der Waals surface area contributed by atoms with Crippen LogP contribution in [0, 0.1) is 17.0 Å². The number of anilines is 2. The first kappa shape index (κ1) is 15.6. The van der Waals surface area contributed by atoms with E-state index in [-0.39, 0.29) is 5.69 Å². The molecule has 0 fully saturated rings. The lowest BCUT2D eigenvalue weighted by atomic mass is 9.96. The highest BCUT2D eigenvalue weighted by atomic mass is 16.6. The lowest BCUT2D eigenvalue weighted by Crippen LogP contribution is -2.04. The van der Waals surface area contributed by atoms with Gasteiger partial charge in [-0.25, -0.2) is 9.97 Å². The first-order valence-corrected chi connectivity index (χ1v) is 7.30. The van der Waals surface area contributed by atoms with E-state index >= 15 is 0 Å². The fraction of sp³-hybridized carbons (Fsp3) is 0.0625. The monoisotopic (exact) mass is 319 g/mol. The normalized spacial score (nSPS) is 10.4. The smallest absolute Gasteiger partial charge is 0.271 e. The molecule has 3 rings (SSSR count). The fourth-order valence-electron chi connectivity index (χ4n) is 2.25. The van der Waals surface area contributed by atoms with Crippen molar-refractivity contribution in [2.45, 2.75) is 6.92 Å². The lowest BCUT2D eigenvalue weighted by Gasteiger charge is -2.09. The molecule has 0 aliphatic heterocycles. The third kappa shape index (κ3) is 3.38. The third-order valence-corrected chi connectivity index (χ3v) is 3.50. The van der Waals surface area contributed by atoms with Crippen LogP contribution in [-0.2, 0) is 0 Å². The molecule has 7 nitrogen and oxygen atoms in total. The summed E-state index contributed by atoms with van der Waals surface area (Å²) in [7, 11) is 1.96. The number of aryl methyl sites for hydroxylation is 1. The molecule has 0 spiro atoms. The second kappa shape index (κ2) is 6.45. The standard InChI is InChI=1S/C16H14BN5O2/c1-10-2-3-13(22(23)24)7-15(10)21-16-19-5-4-14(20-16)11-6-12(17)9-18-8-11/h2-9H,17H2,1H3,(H,19,20,21). The molecule has 2 heterocycles. The molecule has 8 heteroatoms. The van der Waals surface area contributed by atoms with Gasteiger partial charge in [0.1, 0.15) is 7.85 Å². The van der Waals surface area contributed by atoms with Crippen molar-refractivity contribution in [2.24, 2.45) is 0 Å². The quantitative estimate of drug-likeness (QED) is 0.447. The Kier molecular flexibility index (Phi) is 4.19. The Morgan fingerprint density at radius 3 is 2.79 bits per heavy atom. The number of nitro benzene ring substituents is 1. The molecule has 0 aliphatic rings. The van der Waals surface area contributed by atoms with Crippen molar-refractivity contribution < 1.29 is 4.92 Å². The van der Waals surface area contributed by atoms with Crippen LogP contribution in [0.15, 0.2) is 48.9 Å². The molecule has 0 saturated carbocycles. The Bertz CT molecular complexity index is 916. The van der Waals surface area contributed by atoms with E-state index in [0.717, 1.165) is 22.3 Å². The van der Waals surface area contributed by atoms with Crippen LogP contribution in [0.25, 0.3) is 11.3 Å². The summed E-state index contributed by atoms with van der Waals surface area (Å²) >= 11 is 0. The van der Waals surface area contributed by atoms with Crippen molar-refractivity contribution in [3.05, 3.63) is 64.6 Å². The van der Waals surface area contributed by atoms with Gasteiger partial charge in [-0.1, -0.05) is 17.6 Å². The maximum absolute atomic E-state index is 10.9. The minimum absolute atomic E-state index is 0.0159. The minimum atomic E-state index is -0.430. The maximum atomic E-state index is 10.9. The predicted molar refractivity (Wildman–Crippen MR) is 94.6 cm³/mol. The van der Waals surface area contributed by atoms with Gasteiger partial charge in [-0.2, -0.15) is 0 Å². The van der Waals surface area contributed by atoms with Gasteiger partial charge in [0.25, 0.3) is 5.69 Å². The number of rotatable bonds is 4. The number of pyridine rings is 1. The van der Waals surface area contributed by atoms with E-state index in [0.29, 0.717) is 11.6 Å². The van der Waals surface area contributed by atoms with E-state index in [1.165, 1.54) is 12.1 Å². The van der Waals surface area contributed by atoms with E-state index in [9.17, 15) is 10.1 Å². The van der Waals surface area contributed by atoms with E-state index in [4.69, 9.17) is 0 Å². The number of nitrogens with one attached hydrogen (secondary N) is 1. The summed E-state index contributed by atoms with van der Waals surface area (Å²) in [5, 5.41) is 14.0. The molecule has 0 atom stereocenters. The molecule has 0 unspecified atom stereocenters. The molecule has 1 aromatic carbocycles. The molecule has 0 aliphatic carbocycles. The molecule has 24 heavy (non-hydrogen) atoms. The summed E-state index contributed by atoms with van der Waals surface area (Å²) < 4.78 is 0. The van der Waals surface area contributed by atoms with Crippen molar-refractivity contribution in [3.63, 3.8) is 0 Å². The van der Waals surface area contributed by atoms with Gasteiger partial charge in [-0.15, -0.1) is 0 Å². The Morgan fingerprint density at radius 2 is 2.04 bits per heavy atom. The van der Waals surface area contributed by atoms with Crippen LogP contribution in [-0.4, -0.2) is 27.7 Å². The number of non-ortho nitro benzene ring substituents is 1. The van der Waals surface area contributed by atoms with Gasteiger partial charge >= 0.3 is 0 Å². The van der Waals surface area contributed by atoms with Gasteiger partial charge in [-0.05, 0) is 18.6 Å². The van der Waals surface area contributed by atoms with E-state index in [1.807, 2.05) is 20.8 Å². The maximum Gasteiger partial charge on any atom is 0.271 e. The van der Waals surface area contributed by atoms with E-state index < -0.39 is 4.92 Å². The molecule has 0 saturated heterocycles. The Hall–Kier alpha value is -3.29. The number of benzene rings is 1. The highest BCUT2D eigenvalue weighted by Crippen LogP contribution is 2.24. The highest BCUT2D eigenvalue weighted by Gasteiger charge is 2.10. The van der Waals surface area contributed by atoms with Gasteiger partial charge < -0.3 is 5.32 Å². The second-order valence-electron chi connectivity index (χ2n) is 5.40. The van der Waals surface area contributed by atoms with Gasteiger partial charge in [0, 0.05) is 36.3 Å². The highest BCUT2D eigenvalue weighted by molar-refractivity contribution is 6.32. The van der Waals surface area contributed by atoms with Crippen molar-refractivity contribution in [2.75, 3.05) is 5.32 Å². The first-order chi connectivity index (χ1) is 11.5. The Labute approximate surface area is 139 Å². The zero-order valence-corrected chi connectivity index (χ0v) is 13.2. The van der Waals surface area contributed by atoms with E-state index in [2.05, 4.69) is 20.3 Å². The van der Waals surface area contributed by atoms with Gasteiger partial charge in [0.2, 0.25) is 5.95 Å². The largest absolute Gasteiger partial charge is 0.324 e. The molecule has 3 aromatic rings. The second-order valence-corrected chi connectivity index (χ2v) is 5.40. The summed E-state index contributed by atoms with van der Waals surface area (Å²) in [6, 6.07) is 8.41. The molecule has 0 amide bonds. The van der Waals surface area contributed by atoms with Crippen LogP contribution in [0.1, 0.15) is 5.56 Å². The molecule has 2 aromatic heterocycles. The molecule has 0 radical (unpaired) electrons. The van der Waals surface area contributed by atoms with Crippen LogP contribution >= 0.6 is 0 Å². The Balaban J connectivity index is 1.93. The topological polar surface area (TPSA) is 93.8 Å². The zero-order chi connectivity index (χ0) is 17.1. The number of nitrogens with zero attached hydrogens (tertiary/aromatic N) is 4. The van der Waals surface area contributed by atoms with Crippen molar-refractivity contribution in [1.29, 1.82) is 0 Å². The summed E-state index contributed by atoms with van der Waals surface area (Å²) in [4.78, 5) is 23.3. The van der Waals surface area contributed by atoms with E-state index in [1.54, 1.807) is 30.7 Å². The van der Waals surface area contributed by atoms with Crippen LogP contribution in [0.4, 0.5) is 17.3 Å². The zero-order valence-electron chi connectivity index (χ0n) is 13.2. The molecule has 1 N–H and O–H groups in total. The third-order valence-electron chi connectivity index (χ3n) is 3.50. The van der Waals surface area contributed by atoms with Crippen molar-refractivity contribution >= 4 is 30.6 Å². The van der Waals surface area contributed by atoms with Gasteiger partial charge in [0.05, 0.1) is 16.3 Å². The number of hydrogen-bond acceptors (Lipinski definition) is 6. The van der Waals surface area contributed by atoms with Crippen LogP contribution in [0.2, 0.25) is 0 Å². The Morgan fingerprint density at radius 1 is 1.21 bits per heavy atom. The summed E-state index contributed by atoms with van der Waals surface area (Å²) in [6.07, 6.45) is 5.15.